The number of anilines is 1. The fraction of sp³-hybridized carbons (Fsp3) is 0.286. The summed E-state index contributed by atoms with van der Waals surface area (Å²) in [5.41, 5.74) is 2.92. The van der Waals surface area contributed by atoms with Crippen LogP contribution in [0, 0.1) is 13.8 Å². The third-order valence-corrected chi connectivity index (χ3v) is 3.77. The Hall–Kier alpha value is -2.08. The van der Waals surface area contributed by atoms with E-state index < -0.39 is 5.97 Å². The van der Waals surface area contributed by atoms with E-state index in [4.69, 9.17) is 9.84 Å². The predicted octanol–water partition coefficient (Wildman–Crippen LogP) is 3.08. The zero-order valence-corrected chi connectivity index (χ0v) is 12.4. The average Bonchev–Trinajstić information content (AvgIpc) is 2.85. The summed E-state index contributed by atoms with van der Waals surface area (Å²) >= 11 is 1.36. The molecular weight excluding hydrogens is 276 g/mol. The van der Waals surface area contributed by atoms with Gasteiger partial charge in [-0.25, -0.2) is 4.79 Å². The Morgan fingerprint density at radius 2 is 2.10 bits per heavy atom. The molecule has 0 saturated heterocycles. The molecule has 5 nitrogen and oxygen atoms in total. The lowest BCUT2D eigenvalue weighted by atomic mass is 10.0. The molecule has 0 saturated carbocycles. The Morgan fingerprint density at radius 3 is 2.70 bits per heavy atom. The summed E-state index contributed by atoms with van der Waals surface area (Å²) in [6.07, 6.45) is 0. The molecule has 0 unspecified atom stereocenters. The van der Waals surface area contributed by atoms with E-state index >= 15 is 0 Å². The third kappa shape index (κ3) is 3.08. The third-order valence-electron chi connectivity index (χ3n) is 3.00. The smallest absolute Gasteiger partial charge is 0.336 e. The molecule has 1 aromatic heterocycles. The topological polar surface area (TPSA) is 71.5 Å². The second-order valence-electron chi connectivity index (χ2n) is 4.48. The first kappa shape index (κ1) is 14.3. The number of aryl methyl sites for hydroxylation is 2. The highest BCUT2D eigenvalue weighted by Gasteiger charge is 2.11. The van der Waals surface area contributed by atoms with Crippen LogP contribution < -0.4 is 10.1 Å². The van der Waals surface area contributed by atoms with Crippen molar-refractivity contribution in [3.05, 3.63) is 39.8 Å². The summed E-state index contributed by atoms with van der Waals surface area (Å²) in [6, 6.07) is 5.41. The molecule has 106 valence electrons. The van der Waals surface area contributed by atoms with Crippen molar-refractivity contribution < 1.29 is 14.6 Å². The zero-order chi connectivity index (χ0) is 14.7. The van der Waals surface area contributed by atoms with Crippen molar-refractivity contribution in [2.24, 2.45) is 0 Å². The normalized spacial score (nSPS) is 10.3. The van der Waals surface area contributed by atoms with Gasteiger partial charge >= 0.3 is 5.97 Å². The Bertz CT molecular complexity index is 637. The summed E-state index contributed by atoms with van der Waals surface area (Å²) in [5, 5.41) is 12.4. The van der Waals surface area contributed by atoms with E-state index in [1.165, 1.54) is 11.5 Å². The number of hydrogen-bond acceptors (Lipinski definition) is 5. The van der Waals surface area contributed by atoms with Crippen LogP contribution in [0.25, 0.3) is 0 Å². The number of nitrogens with zero attached hydrogens (tertiary/aromatic N) is 1. The average molecular weight is 292 g/mol. The van der Waals surface area contributed by atoms with E-state index in [9.17, 15) is 4.79 Å². The van der Waals surface area contributed by atoms with Gasteiger partial charge in [-0.05, 0) is 42.6 Å². The highest BCUT2D eigenvalue weighted by Crippen LogP contribution is 2.23. The van der Waals surface area contributed by atoms with Crippen LogP contribution in [-0.2, 0) is 6.54 Å². The van der Waals surface area contributed by atoms with Gasteiger partial charge < -0.3 is 15.2 Å². The molecule has 0 spiro atoms. The maximum absolute atomic E-state index is 11.1. The van der Waals surface area contributed by atoms with E-state index in [1.807, 2.05) is 19.1 Å². The van der Waals surface area contributed by atoms with Gasteiger partial charge in [0.2, 0.25) is 5.88 Å². The van der Waals surface area contributed by atoms with Crippen molar-refractivity contribution in [1.82, 2.24) is 4.37 Å². The summed E-state index contributed by atoms with van der Waals surface area (Å²) in [5.74, 6) is -0.316. The molecular formula is C14H16N2O3S. The SMILES string of the molecule is COc1cc(CNc2cc(C(=O)O)c(C)cc2C)sn1. The fourth-order valence-corrected chi connectivity index (χ4v) is 2.55. The molecule has 0 bridgehead atoms. The molecule has 0 fully saturated rings. The van der Waals surface area contributed by atoms with Gasteiger partial charge in [-0.1, -0.05) is 6.07 Å². The van der Waals surface area contributed by atoms with Gasteiger partial charge in [0.15, 0.2) is 0 Å². The van der Waals surface area contributed by atoms with Crippen molar-refractivity contribution in [3.8, 4) is 5.88 Å². The number of methoxy groups -OCH3 is 1. The largest absolute Gasteiger partial charge is 0.480 e. The van der Waals surface area contributed by atoms with Gasteiger partial charge in [0, 0.05) is 16.6 Å². The summed E-state index contributed by atoms with van der Waals surface area (Å²) in [7, 11) is 1.58. The number of hydrogen-bond donors (Lipinski definition) is 2. The first-order chi connectivity index (χ1) is 9.51. The van der Waals surface area contributed by atoms with Crippen LogP contribution in [0.3, 0.4) is 0 Å². The standard InChI is InChI=1S/C14H16N2O3S/c1-8-4-9(2)12(6-11(8)14(17)18)15-7-10-5-13(19-3)16-20-10/h4-6,15H,7H2,1-3H3,(H,17,18). The number of benzene rings is 1. The van der Waals surface area contributed by atoms with E-state index in [1.54, 1.807) is 20.1 Å². The van der Waals surface area contributed by atoms with Crippen molar-refractivity contribution >= 4 is 23.2 Å². The minimum absolute atomic E-state index is 0.319. The number of nitrogens with one attached hydrogen (secondary N) is 1. The van der Waals surface area contributed by atoms with Crippen molar-refractivity contribution in [2.45, 2.75) is 20.4 Å². The molecule has 6 heteroatoms. The van der Waals surface area contributed by atoms with Crippen LogP contribution in [0.5, 0.6) is 5.88 Å². The number of carbonyl (C=O) groups is 1. The molecule has 0 aliphatic heterocycles. The molecule has 1 heterocycles. The lowest BCUT2D eigenvalue weighted by Crippen LogP contribution is -2.05. The molecule has 2 rings (SSSR count). The predicted molar refractivity (Wildman–Crippen MR) is 78.9 cm³/mol. The van der Waals surface area contributed by atoms with Crippen LogP contribution >= 0.6 is 11.5 Å². The molecule has 20 heavy (non-hydrogen) atoms. The Labute approximate surface area is 121 Å². The van der Waals surface area contributed by atoms with Gasteiger partial charge in [0.1, 0.15) is 0 Å². The fourth-order valence-electron chi connectivity index (χ4n) is 1.93. The number of rotatable bonds is 5. The molecule has 1 aromatic carbocycles. The molecule has 0 aliphatic carbocycles. The van der Waals surface area contributed by atoms with Crippen LogP contribution in [0.15, 0.2) is 18.2 Å². The molecule has 0 amide bonds. The Morgan fingerprint density at radius 1 is 1.35 bits per heavy atom. The second kappa shape index (κ2) is 5.92. The molecule has 0 atom stereocenters. The first-order valence-corrected chi connectivity index (χ1v) is 6.86. The highest BCUT2D eigenvalue weighted by molar-refractivity contribution is 7.05. The lowest BCUT2D eigenvalue weighted by molar-refractivity contribution is 0.0696. The van der Waals surface area contributed by atoms with Crippen LogP contribution in [0.2, 0.25) is 0 Å². The maximum atomic E-state index is 11.1. The minimum Gasteiger partial charge on any atom is -0.480 e. The first-order valence-electron chi connectivity index (χ1n) is 6.09. The van der Waals surface area contributed by atoms with E-state index in [2.05, 4.69) is 9.69 Å². The molecule has 2 N–H and O–H groups in total. The highest BCUT2D eigenvalue weighted by atomic mass is 32.1. The van der Waals surface area contributed by atoms with Gasteiger partial charge in [-0.3, -0.25) is 0 Å². The van der Waals surface area contributed by atoms with E-state index in [-0.39, 0.29) is 0 Å². The van der Waals surface area contributed by atoms with Crippen LogP contribution in [0.1, 0.15) is 26.4 Å². The van der Waals surface area contributed by atoms with E-state index in [0.717, 1.165) is 21.7 Å². The Kier molecular flexibility index (Phi) is 4.24. The number of ether oxygens (including phenoxy) is 1. The Balaban J connectivity index is 2.16. The number of carboxylic acids is 1. The summed E-state index contributed by atoms with van der Waals surface area (Å²) < 4.78 is 9.15. The number of carboxylic acid groups (broad SMARTS) is 1. The van der Waals surface area contributed by atoms with Crippen molar-refractivity contribution in [3.63, 3.8) is 0 Å². The summed E-state index contributed by atoms with van der Waals surface area (Å²) in [6.45, 7) is 4.34. The lowest BCUT2D eigenvalue weighted by Gasteiger charge is -2.11. The van der Waals surface area contributed by atoms with Crippen LogP contribution in [0.4, 0.5) is 5.69 Å². The van der Waals surface area contributed by atoms with Gasteiger partial charge in [-0.2, -0.15) is 4.37 Å². The number of aromatic nitrogens is 1. The van der Waals surface area contributed by atoms with Gasteiger partial charge in [0.05, 0.1) is 19.2 Å². The number of aromatic carboxylic acids is 1. The molecule has 2 aromatic rings. The van der Waals surface area contributed by atoms with Crippen molar-refractivity contribution in [1.29, 1.82) is 0 Å². The van der Waals surface area contributed by atoms with E-state index in [0.29, 0.717) is 18.0 Å². The van der Waals surface area contributed by atoms with Crippen LogP contribution in [-0.4, -0.2) is 22.6 Å². The second-order valence-corrected chi connectivity index (χ2v) is 5.37. The van der Waals surface area contributed by atoms with Gasteiger partial charge in [0.25, 0.3) is 0 Å². The zero-order valence-electron chi connectivity index (χ0n) is 11.6. The quantitative estimate of drug-likeness (QED) is 0.886. The molecule has 0 radical (unpaired) electrons. The minimum atomic E-state index is -0.912. The van der Waals surface area contributed by atoms with Crippen molar-refractivity contribution in [2.75, 3.05) is 12.4 Å². The maximum Gasteiger partial charge on any atom is 0.336 e. The molecule has 0 aliphatic rings. The summed E-state index contributed by atoms with van der Waals surface area (Å²) in [4.78, 5) is 12.2. The van der Waals surface area contributed by atoms with Gasteiger partial charge in [-0.15, -0.1) is 0 Å². The monoisotopic (exact) mass is 292 g/mol.